The number of ether oxygens (including phenoxy) is 1. The molecule has 1 saturated heterocycles. The van der Waals surface area contributed by atoms with Gasteiger partial charge in [-0.05, 0) is 39.3 Å². The first kappa shape index (κ1) is 11.5. The van der Waals surface area contributed by atoms with Gasteiger partial charge in [0.15, 0.2) is 5.75 Å². The molecule has 1 aliphatic heterocycles. The molecule has 0 atom stereocenters. The van der Waals surface area contributed by atoms with E-state index in [9.17, 15) is 0 Å². The number of hydrogen-bond donors (Lipinski definition) is 0. The van der Waals surface area contributed by atoms with Crippen molar-refractivity contribution in [3.05, 3.63) is 12.4 Å². The van der Waals surface area contributed by atoms with E-state index in [0.29, 0.717) is 0 Å². The van der Waals surface area contributed by atoms with Crippen LogP contribution >= 0.6 is 0 Å². The van der Waals surface area contributed by atoms with Crippen molar-refractivity contribution in [1.29, 1.82) is 0 Å². The number of nitrogens with zero attached hydrogens (tertiary/aromatic N) is 3. The summed E-state index contributed by atoms with van der Waals surface area (Å²) in [6.45, 7) is 7.48. The van der Waals surface area contributed by atoms with Gasteiger partial charge in [0.1, 0.15) is 0 Å². The van der Waals surface area contributed by atoms with E-state index in [4.69, 9.17) is 4.74 Å². The molecule has 0 bridgehead atoms. The second-order valence-corrected chi connectivity index (χ2v) is 4.28. The van der Waals surface area contributed by atoms with Crippen LogP contribution in [0.15, 0.2) is 12.4 Å². The van der Waals surface area contributed by atoms with E-state index in [-0.39, 0.29) is 0 Å². The van der Waals surface area contributed by atoms with E-state index in [1.54, 1.807) is 6.20 Å². The normalized spacial score (nSPS) is 16.8. The lowest BCUT2D eigenvalue weighted by molar-refractivity contribution is 0.263. The third-order valence-corrected chi connectivity index (χ3v) is 3.02. The van der Waals surface area contributed by atoms with Gasteiger partial charge in [-0.3, -0.25) is 4.68 Å². The molecule has 0 N–H and O–H groups in total. The third-order valence-electron chi connectivity index (χ3n) is 3.02. The number of aryl methyl sites for hydroxylation is 1. The lowest BCUT2D eigenvalue weighted by Crippen LogP contribution is -2.21. The summed E-state index contributed by atoms with van der Waals surface area (Å²) >= 11 is 0. The first-order chi connectivity index (χ1) is 7.88. The molecule has 0 radical (unpaired) electrons. The van der Waals surface area contributed by atoms with Crippen molar-refractivity contribution in [3.8, 4) is 5.75 Å². The van der Waals surface area contributed by atoms with Crippen LogP contribution in [0, 0.1) is 0 Å². The van der Waals surface area contributed by atoms with Crippen molar-refractivity contribution in [3.63, 3.8) is 0 Å². The molecule has 4 heteroatoms. The second kappa shape index (κ2) is 5.89. The smallest absolute Gasteiger partial charge is 0.157 e. The molecule has 1 aromatic rings. The zero-order valence-electron chi connectivity index (χ0n) is 10.1. The van der Waals surface area contributed by atoms with Crippen molar-refractivity contribution < 1.29 is 4.74 Å². The zero-order valence-corrected chi connectivity index (χ0v) is 10.1. The first-order valence-electron chi connectivity index (χ1n) is 6.26. The van der Waals surface area contributed by atoms with E-state index < -0.39 is 0 Å². The van der Waals surface area contributed by atoms with Gasteiger partial charge < -0.3 is 9.64 Å². The van der Waals surface area contributed by atoms with E-state index in [2.05, 4.69) is 16.9 Å². The van der Waals surface area contributed by atoms with E-state index in [1.807, 2.05) is 10.9 Å². The number of hydrogen-bond acceptors (Lipinski definition) is 3. The Labute approximate surface area is 97.2 Å². The van der Waals surface area contributed by atoms with Gasteiger partial charge in [-0.2, -0.15) is 5.10 Å². The predicted octanol–water partition coefficient (Wildman–Crippen LogP) is 1.77. The standard InChI is InChI=1S/C12H21N3O/c1-2-15-11-12(10-13-15)16-9-5-8-14-6-3-4-7-14/h10-11H,2-9H2,1H3. The van der Waals surface area contributed by atoms with Crippen LogP contribution in [-0.2, 0) is 6.54 Å². The monoisotopic (exact) mass is 223 g/mol. The van der Waals surface area contributed by atoms with Crippen LogP contribution in [-0.4, -0.2) is 40.9 Å². The van der Waals surface area contributed by atoms with Crippen LogP contribution in [0.3, 0.4) is 0 Å². The molecule has 90 valence electrons. The van der Waals surface area contributed by atoms with Gasteiger partial charge in [0.25, 0.3) is 0 Å². The highest BCUT2D eigenvalue weighted by molar-refractivity contribution is 5.11. The van der Waals surface area contributed by atoms with E-state index in [1.165, 1.54) is 32.5 Å². The van der Waals surface area contributed by atoms with Crippen LogP contribution in [0.1, 0.15) is 26.2 Å². The van der Waals surface area contributed by atoms with E-state index >= 15 is 0 Å². The molecule has 1 fully saturated rings. The number of likely N-dealkylation sites (tertiary alicyclic amines) is 1. The molecular formula is C12H21N3O. The lowest BCUT2D eigenvalue weighted by atomic mass is 10.4. The fourth-order valence-corrected chi connectivity index (χ4v) is 2.08. The molecule has 0 spiro atoms. The largest absolute Gasteiger partial charge is 0.490 e. The molecule has 0 unspecified atom stereocenters. The molecule has 1 aromatic heterocycles. The van der Waals surface area contributed by atoms with Gasteiger partial charge in [-0.25, -0.2) is 0 Å². The van der Waals surface area contributed by atoms with Crippen LogP contribution in [0.2, 0.25) is 0 Å². The van der Waals surface area contributed by atoms with Gasteiger partial charge in [0, 0.05) is 13.1 Å². The van der Waals surface area contributed by atoms with Gasteiger partial charge in [-0.15, -0.1) is 0 Å². The van der Waals surface area contributed by atoms with Crippen LogP contribution < -0.4 is 4.74 Å². The summed E-state index contributed by atoms with van der Waals surface area (Å²) in [5.74, 6) is 0.892. The Hall–Kier alpha value is -1.03. The molecule has 2 rings (SSSR count). The Morgan fingerprint density at radius 1 is 1.38 bits per heavy atom. The maximum absolute atomic E-state index is 5.64. The minimum Gasteiger partial charge on any atom is -0.490 e. The summed E-state index contributed by atoms with van der Waals surface area (Å²) in [5, 5.41) is 4.17. The number of rotatable bonds is 6. The third kappa shape index (κ3) is 3.23. The number of aromatic nitrogens is 2. The van der Waals surface area contributed by atoms with Crippen molar-refractivity contribution >= 4 is 0 Å². The summed E-state index contributed by atoms with van der Waals surface area (Å²) in [6.07, 6.45) is 7.58. The minimum atomic E-state index is 0.798. The average molecular weight is 223 g/mol. The Kier molecular flexibility index (Phi) is 4.22. The maximum Gasteiger partial charge on any atom is 0.157 e. The first-order valence-corrected chi connectivity index (χ1v) is 6.26. The average Bonchev–Trinajstić information content (AvgIpc) is 2.95. The van der Waals surface area contributed by atoms with Gasteiger partial charge in [0.2, 0.25) is 0 Å². The summed E-state index contributed by atoms with van der Waals surface area (Å²) in [7, 11) is 0. The molecule has 4 nitrogen and oxygen atoms in total. The predicted molar refractivity (Wildman–Crippen MR) is 63.7 cm³/mol. The Morgan fingerprint density at radius 2 is 2.19 bits per heavy atom. The Balaban J connectivity index is 1.60. The van der Waals surface area contributed by atoms with Crippen molar-refractivity contribution in [1.82, 2.24) is 14.7 Å². The van der Waals surface area contributed by atoms with Crippen LogP contribution in [0.5, 0.6) is 5.75 Å². The fraction of sp³-hybridized carbons (Fsp3) is 0.750. The van der Waals surface area contributed by atoms with Gasteiger partial charge in [-0.1, -0.05) is 0 Å². The second-order valence-electron chi connectivity index (χ2n) is 4.28. The van der Waals surface area contributed by atoms with Gasteiger partial charge >= 0.3 is 0 Å². The van der Waals surface area contributed by atoms with Gasteiger partial charge in [0.05, 0.1) is 19.0 Å². The van der Waals surface area contributed by atoms with Crippen molar-refractivity contribution in [2.75, 3.05) is 26.2 Å². The van der Waals surface area contributed by atoms with Crippen LogP contribution in [0.25, 0.3) is 0 Å². The highest BCUT2D eigenvalue weighted by Gasteiger charge is 2.10. The summed E-state index contributed by atoms with van der Waals surface area (Å²) < 4.78 is 7.52. The van der Waals surface area contributed by atoms with Crippen molar-refractivity contribution in [2.45, 2.75) is 32.7 Å². The summed E-state index contributed by atoms with van der Waals surface area (Å²) in [4.78, 5) is 2.51. The molecule has 0 amide bonds. The molecule has 2 heterocycles. The molecule has 0 saturated carbocycles. The van der Waals surface area contributed by atoms with E-state index in [0.717, 1.165) is 25.3 Å². The molecule has 16 heavy (non-hydrogen) atoms. The summed E-state index contributed by atoms with van der Waals surface area (Å²) in [5.41, 5.74) is 0. The quantitative estimate of drug-likeness (QED) is 0.688. The fourth-order valence-electron chi connectivity index (χ4n) is 2.08. The highest BCUT2D eigenvalue weighted by atomic mass is 16.5. The summed E-state index contributed by atoms with van der Waals surface area (Å²) in [6, 6.07) is 0. The maximum atomic E-state index is 5.64. The van der Waals surface area contributed by atoms with Crippen LogP contribution in [0.4, 0.5) is 0 Å². The molecule has 1 aliphatic rings. The highest BCUT2D eigenvalue weighted by Crippen LogP contribution is 2.10. The Morgan fingerprint density at radius 3 is 2.88 bits per heavy atom. The topological polar surface area (TPSA) is 30.3 Å². The molecular weight excluding hydrogens is 202 g/mol. The molecule has 0 aliphatic carbocycles. The minimum absolute atomic E-state index is 0.798. The SMILES string of the molecule is CCn1cc(OCCCN2CCCC2)cn1. The van der Waals surface area contributed by atoms with Crippen molar-refractivity contribution in [2.24, 2.45) is 0 Å². The molecule has 0 aromatic carbocycles. The lowest BCUT2D eigenvalue weighted by Gasteiger charge is -2.13. The zero-order chi connectivity index (χ0) is 11.2. The Bertz CT molecular complexity index is 305.